The summed E-state index contributed by atoms with van der Waals surface area (Å²) in [6, 6.07) is 17.9. The Hall–Kier alpha value is -3.97. The summed E-state index contributed by atoms with van der Waals surface area (Å²) >= 11 is 1.37. The highest BCUT2D eigenvalue weighted by atomic mass is 32.1. The number of carbonyl (C=O) groups excluding carboxylic acids is 2. The second kappa shape index (κ2) is 9.40. The van der Waals surface area contributed by atoms with Crippen molar-refractivity contribution in [2.24, 2.45) is 0 Å². The molecule has 2 heterocycles. The monoisotopic (exact) mass is 526 g/mol. The first kappa shape index (κ1) is 25.7. The first-order chi connectivity index (χ1) is 18.0. The molecule has 1 aliphatic heterocycles. The Morgan fingerprint density at radius 1 is 1.03 bits per heavy atom. The molecule has 1 aromatic heterocycles. The molecule has 1 saturated heterocycles. The van der Waals surface area contributed by atoms with Crippen LogP contribution in [0.15, 0.2) is 66.2 Å². The van der Waals surface area contributed by atoms with Crippen molar-refractivity contribution in [3.05, 3.63) is 94.1 Å². The maximum Gasteiger partial charge on any atom is 0.301 e. The predicted molar refractivity (Wildman–Crippen MR) is 152 cm³/mol. The largest absolute Gasteiger partial charge is 0.507 e. The Balaban J connectivity index is 1.73. The van der Waals surface area contributed by atoms with Crippen LogP contribution in [0.4, 0.5) is 5.13 Å². The zero-order valence-corrected chi connectivity index (χ0v) is 23.1. The Labute approximate surface area is 226 Å². The van der Waals surface area contributed by atoms with Gasteiger partial charge in [-0.1, -0.05) is 74.6 Å². The number of thiazole rings is 1. The zero-order chi connectivity index (χ0) is 27.4. The van der Waals surface area contributed by atoms with Gasteiger partial charge in [-0.15, -0.1) is 0 Å². The van der Waals surface area contributed by atoms with E-state index in [0.717, 1.165) is 26.9 Å². The lowest BCUT2D eigenvalue weighted by atomic mass is 9.85. The quantitative estimate of drug-likeness (QED) is 0.179. The number of ether oxygens (including phenoxy) is 1. The van der Waals surface area contributed by atoms with Gasteiger partial charge in [0, 0.05) is 5.56 Å². The van der Waals surface area contributed by atoms with Crippen LogP contribution < -0.4 is 9.64 Å². The third-order valence-corrected chi connectivity index (χ3v) is 7.91. The van der Waals surface area contributed by atoms with Crippen LogP contribution in [-0.2, 0) is 15.0 Å². The third kappa shape index (κ3) is 4.37. The molecule has 38 heavy (non-hydrogen) atoms. The van der Waals surface area contributed by atoms with Crippen LogP contribution in [0, 0.1) is 13.8 Å². The van der Waals surface area contributed by atoms with Gasteiger partial charge in [0.05, 0.1) is 28.9 Å². The minimum atomic E-state index is -0.836. The Bertz CT molecular complexity index is 1610. The maximum absolute atomic E-state index is 13.6. The van der Waals surface area contributed by atoms with Crippen LogP contribution >= 0.6 is 11.3 Å². The number of hydrogen-bond donors (Lipinski definition) is 1. The van der Waals surface area contributed by atoms with Crippen molar-refractivity contribution >= 4 is 44.1 Å². The van der Waals surface area contributed by atoms with Crippen LogP contribution in [0.3, 0.4) is 0 Å². The van der Waals surface area contributed by atoms with E-state index < -0.39 is 17.7 Å². The number of aromatic nitrogens is 1. The lowest BCUT2D eigenvalue weighted by Crippen LogP contribution is -2.29. The molecule has 0 saturated carbocycles. The van der Waals surface area contributed by atoms with Gasteiger partial charge >= 0.3 is 5.91 Å². The van der Waals surface area contributed by atoms with E-state index in [0.29, 0.717) is 22.0 Å². The van der Waals surface area contributed by atoms with E-state index in [1.54, 1.807) is 24.3 Å². The molecule has 5 rings (SSSR count). The van der Waals surface area contributed by atoms with Crippen LogP contribution in [0.2, 0.25) is 0 Å². The van der Waals surface area contributed by atoms with E-state index in [1.165, 1.54) is 23.3 Å². The molecule has 3 aromatic carbocycles. The molecule has 1 amide bonds. The molecule has 0 radical (unpaired) electrons. The van der Waals surface area contributed by atoms with Gasteiger partial charge in [0.1, 0.15) is 11.5 Å². The maximum atomic E-state index is 13.6. The number of anilines is 1. The number of fused-ring (bicyclic) bond motifs is 1. The number of rotatable bonds is 4. The number of nitrogens with zero attached hydrogens (tertiary/aromatic N) is 2. The number of methoxy groups -OCH3 is 1. The normalized spacial score (nSPS) is 17.4. The summed E-state index contributed by atoms with van der Waals surface area (Å²) in [5, 5.41) is 11.9. The summed E-state index contributed by atoms with van der Waals surface area (Å²) in [6.45, 7) is 10.4. The molecule has 0 unspecified atom stereocenters. The Kier molecular flexibility index (Phi) is 6.35. The van der Waals surface area contributed by atoms with E-state index in [9.17, 15) is 14.7 Å². The number of aryl methyl sites for hydroxylation is 2. The molecule has 6 nitrogen and oxygen atoms in total. The van der Waals surface area contributed by atoms with E-state index in [1.807, 2.05) is 50.2 Å². The summed E-state index contributed by atoms with van der Waals surface area (Å²) in [5.41, 5.74) is 5.09. The van der Waals surface area contributed by atoms with E-state index in [4.69, 9.17) is 9.72 Å². The second-order valence-electron chi connectivity index (χ2n) is 10.7. The molecule has 0 aliphatic carbocycles. The predicted octanol–water partition coefficient (Wildman–Crippen LogP) is 6.85. The third-order valence-electron chi connectivity index (χ3n) is 6.90. The van der Waals surface area contributed by atoms with Gasteiger partial charge in [0.2, 0.25) is 0 Å². The van der Waals surface area contributed by atoms with Crippen molar-refractivity contribution in [2.75, 3.05) is 12.0 Å². The highest BCUT2D eigenvalue weighted by Crippen LogP contribution is 2.45. The molecule has 0 spiro atoms. The molecule has 194 valence electrons. The summed E-state index contributed by atoms with van der Waals surface area (Å²) < 4.78 is 6.25. The smallest absolute Gasteiger partial charge is 0.301 e. The van der Waals surface area contributed by atoms with Crippen LogP contribution in [0.25, 0.3) is 16.0 Å². The van der Waals surface area contributed by atoms with Crippen molar-refractivity contribution in [3.63, 3.8) is 0 Å². The number of ketones is 1. The van der Waals surface area contributed by atoms with Gasteiger partial charge in [-0.25, -0.2) is 4.98 Å². The van der Waals surface area contributed by atoms with Crippen molar-refractivity contribution in [2.45, 2.75) is 46.1 Å². The fourth-order valence-electron chi connectivity index (χ4n) is 4.90. The number of aliphatic hydroxyl groups is 1. The van der Waals surface area contributed by atoms with Gasteiger partial charge in [-0.2, -0.15) is 0 Å². The first-order valence-electron chi connectivity index (χ1n) is 12.4. The zero-order valence-electron chi connectivity index (χ0n) is 22.3. The van der Waals surface area contributed by atoms with E-state index in [-0.39, 0.29) is 16.7 Å². The highest BCUT2D eigenvalue weighted by molar-refractivity contribution is 7.22. The lowest BCUT2D eigenvalue weighted by Gasteiger charge is -2.24. The van der Waals surface area contributed by atoms with Gasteiger partial charge in [-0.3, -0.25) is 14.5 Å². The fourth-order valence-corrected chi connectivity index (χ4v) is 6.07. The van der Waals surface area contributed by atoms with Crippen molar-refractivity contribution < 1.29 is 19.4 Å². The number of benzene rings is 3. The summed E-state index contributed by atoms with van der Waals surface area (Å²) in [7, 11) is 1.53. The average molecular weight is 527 g/mol. The molecule has 1 fully saturated rings. The summed E-state index contributed by atoms with van der Waals surface area (Å²) in [4.78, 5) is 33.4. The first-order valence-corrected chi connectivity index (χ1v) is 13.2. The van der Waals surface area contributed by atoms with Crippen LogP contribution in [0.5, 0.6) is 5.75 Å². The van der Waals surface area contributed by atoms with Gasteiger partial charge < -0.3 is 9.84 Å². The molecular weight excluding hydrogens is 496 g/mol. The fraction of sp³-hybridized carbons (Fsp3) is 0.258. The molecular formula is C31H30N2O4S. The number of Topliss-reactive ketones (excluding diaryl/α,β-unsaturated/α-hetero) is 1. The molecule has 1 aliphatic rings. The van der Waals surface area contributed by atoms with E-state index >= 15 is 0 Å². The molecule has 0 bridgehead atoms. The second-order valence-corrected chi connectivity index (χ2v) is 11.7. The average Bonchev–Trinajstić information content (AvgIpc) is 3.41. The number of aliphatic hydroxyl groups excluding tert-OH is 1. The summed E-state index contributed by atoms with van der Waals surface area (Å²) in [6.07, 6.45) is 0. The Morgan fingerprint density at radius 3 is 2.39 bits per heavy atom. The number of carbonyl (C=O) groups is 2. The van der Waals surface area contributed by atoms with Gasteiger partial charge in [0.15, 0.2) is 5.13 Å². The van der Waals surface area contributed by atoms with Crippen molar-refractivity contribution in [1.82, 2.24) is 4.98 Å². The van der Waals surface area contributed by atoms with Crippen LogP contribution in [0.1, 0.15) is 54.6 Å². The molecule has 7 heteroatoms. The van der Waals surface area contributed by atoms with Gasteiger partial charge in [0.25, 0.3) is 5.78 Å². The minimum Gasteiger partial charge on any atom is -0.507 e. The lowest BCUT2D eigenvalue weighted by molar-refractivity contribution is -0.132. The Morgan fingerprint density at radius 2 is 1.74 bits per heavy atom. The topological polar surface area (TPSA) is 79.7 Å². The highest BCUT2D eigenvalue weighted by Gasteiger charge is 2.48. The summed E-state index contributed by atoms with van der Waals surface area (Å²) in [5.74, 6) is -1.18. The van der Waals surface area contributed by atoms with Crippen molar-refractivity contribution in [3.8, 4) is 5.75 Å². The number of amides is 1. The minimum absolute atomic E-state index is 0.0268. The molecule has 1 atom stereocenters. The standard InChI is InChI=1S/C31H30N2O4S/c1-17-14-18(2)25-23(15-17)38-30(32-25)33-26(19-10-12-21(13-11-19)31(3,4)5)24(28(35)29(33)36)27(34)20-8-7-9-22(16-20)37-6/h7-16,26,34H,1-6H3/t26-/m0/s1. The van der Waals surface area contributed by atoms with Crippen molar-refractivity contribution in [1.29, 1.82) is 0 Å². The van der Waals surface area contributed by atoms with Crippen LogP contribution in [-0.4, -0.2) is 28.9 Å². The van der Waals surface area contributed by atoms with E-state index in [2.05, 4.69) is 20.8 Å². The van der Waals surface area contributed by atoms with Gasteiger partial charge in [-0.05, 0) is 59.7 Å². The molecule has 4 aromatic rings. The molecule has 1 N–H and O–H groups in total. The number of hydrogen-bond acceptors (Lipinski definition) is 6. The SMILES string of the molecule is COc1cccc(C(O)=C2C(=O)C(=O)N(c3nc4c(C)cc(C)cc4s3)[C@H]2c2ccc(C(C)(C)C)cc2)c1.